The topological polar surface area (TPSA) is 351 Å². The monoisotopic (exact) mass is 1050 g/mol. The van der Waals surface area contributed by atoms with E-state index < -0.39 is 103 Å². The molecule has 2 aliphatic heterocycles. The number of carboxylic acids is 3. The highest BCUT2D eigenvalue weighted by molar-refractivity contribution is 6.33. The van der Waals surface area contributed by atoms with Gasteiger partial charge in [-0.05, 0) is 62.1 Å². The van der Waals surface area contributed by atoms with Crippen molar-refractivity contribution < 1.29 is 82.3 Å². The summed E-state index contributed by atoms with van der Waals surface area (Å²) in [6.07, 6.45) is 0.808. The van der Waals surface area contributed by atoms with E-state index in [1.165, 1.54) is 24.3 Å². The Bertz CT molecular complexity index is 2970. The normalized spacial score (nSPS) is 14.7. The van der Waals surface area contributed by atoms with Crippen LogP contribution in [0.5, 0.6) is 11.5 Å². The van der Waals surface area contributed by atoms with Gasteiger partial charge >= 0.3 is 17.9 Å². The molecule has 4 aromatic rings. The number of carbonyl (C=O) groups is 12. The number of hydrogen-bond donors (Lipinski definition) is 8. The van der Waals surface area contributed by atoms with Crippen molar-refractivity contribution in [3.05, 3.63) is 82.9 Å². The van der Waals surface area contributed by atoms with Crippen LogP contribution in [0.4, 0.5) is 0 Å². The van der Waals surface area contributed by atoms with Crippen molar-refractivity contribution >= 4 is 92.6 Å². The van der Waals surface area contributed by atoms with Crippen molar-refractivity contribution in [1.82, 2.24) is 36.4 Å². The third kappa shape index (κ3) is 12.7. The first-order chi connectivity index (χ1) is 36.4. The second kappa shape index (κ2) is 24.4. The first kappa shape index (κ1) is 54.8. The maximum Gasteiger partial charge on any atom is 0.322 e. The largest absolute Gasteiger partial charge is 0.493 e. The van der Waals surface area contributed by atoms with Gasteiger partial charge in [0.25, 0.3) is 23.6 Å². The third-order valence-electron chi connectivity index (χ3n) is 13.1. The van der Waals surface area contributed by atoms with Crippen LogP contribution >= 0.6 is 0 Å². The minimum Gasteiger partial charge on any atom is -0.493 e. The van der Waals surface area contributed by atoms with Gasteiger partial charge in [0.2, 0.25) is 29.5 Å². The number of hydrogen-bond acceptors (Lipinski definition) is 14. The highest BCUT2D eigenvalue weighted by atomic mass is 16.5. The van der Waals surface area contributed by atoms with Gasteiger partial charge in [0.05, 0.1) is 26.1 Å². The Morgan fingerprint density at radius 3 is 1.62 bits per heavy atom. The van der Waals surface area contributed by atoms with E-state index in [-0.39, 0.29) is 91.2 Å². The minimum absolute atomic E-state index is 0.0327. The second-order valence-electron chi connectivity index (χ2n) is 18.3. The van der Waals surface area contributed by atoms with E-state index in [0.29, 0.717) is 50.0 Å². The molecule has 0 unspecified atom stereocenters. The molecule has 1 aliphatic carbocycles. The molecule has 7 rings (SSSR count). The summed E-state index contributed by atoms with van der Waals surface area (Å²) < 4.78 is 12.1. The number of aliphatic carboxylic acids is 3. The predicted molar refractivity (Wildman–Crippen MR) is 265 cm³/mol. The number of imide groups is 2. The summed E-state index contributed by atoms with van der Waals surface area (Å²) >= 11 is 0. The zero-order valence-electron chi connectivity index (χ0n) is 41.0. The summed E-state index contributed by atoms with van der Waals surface area (Å²) in [7, 11) is 0. The van der Waals surface area contributed by atoms with Gasteiger partial charge in [-0.3, -0.25) is 67.3 Å². The van der Waals surface area contributed by atoms with E-state index in [9.17, 15) is 62.6 Å². The van der Waals surface area contributed by atoms with Crippen molar-refractivity contribution in [3.8, 4) is 11.5 Å². The van der Waals surface area contributed by atoms with Crippen LogP contribution in [0.3, 0.4) is 0 Å². The number of fused-ring (bicyclic) bond motifs is 1. The molecule has 400 valence electrons. The molecule has 76 heavy (non-hydrogen) atoms. The molecule has 0 aromatic heterocycles. The fourth-order valence-corrected chi connectivity index (χ4v) is 9.40. The number of carboxylic acid groups (broad SMARTS) is 3. The Kier molecular flexibility index (Phi) is 17.6. The molecule has 24 heteroatoms. The highest BCUT2D eigenvalue weighted by Crippen LogP contribution is 2.38. The van der Waals surface area contributed by atoms with Crippen molar-refractivity contribution in [2.45, 2.75) is 82.2 Å². The molecule has 0 saturated heterocycles. The third-order valence-corrected chi connectivity index (χ3v) is 13.1. The van der Waals surface area contributed by atoms with Crippen molar-refractivity contribution in [2.24, 2.45) is 0 Å². The zero-order valence-corrected chi connectivity index (χ0v) is 41.0. The molecule has 24 nitrogen and oxygen atoms in total. The number of carbonyl (C=O) groups excluding carboxylic acids is 9. The molecule has 9 amide bonds. The lowest BCUT2D eigenvalue weighted by atomic mass is 9.86. The van der Waals surface area contributed by atoms with Gasteiger partial charge in [0.1, 0.15) is 29.6 Å². The summed E-state index contributed by atoms with van der Waals surface area (Å²) in [4.78, 5) is 153. The van der Waals surface area contributed by atoms with Crippen LogP contribution in [-0.4, -0.2) is 154 Å². The van der Waals surface area contributed by atoms with Crippen LogP contribution in [0.25, 0.3) is 21.5 Å². The highest BCUT2D eigenvalue weighted by Gasteiger charge is 2.43. The van der Waals surface area contributed by atoms with Gasteiger partial charge in [-0.15, -0.1) is 0 Å². The van der Waals surface area contributed by atoms with Crippen LogP contribution in [0, 0.1) is 0 Å². The Morgan fingerprint density at radius 2 is 1.09 bits per heavy atom. The summed E-state index contributed by atoms with van der Waals surface area (Å²) in [6, 6.07) is 14.9. The predicted octanol–water partition coefficient (Wildman–Crippen LogP) is 1.89. The SMILES string of the molecule is O=C(O)CCC(=O)N[C@H](CC(=O)O)C(=O)NCCCOc1cccc2c(OCCCC(=O)NC3(C(=O)NCCN4C(=O)c5ccc6c7c(ccc(c57)C4=O)C(=O)N(CCC(=O)NCC(=O)O)C6=O)CCCC3)cccc12. The lowest BCUT2D eigenvalue weighted by Gasteiger charge is -2.32. The molecule has 3 aliphatic rings. The molecule has 1 fully saturated rings. The first-order valence-corrected chi connectivity index (χ1v) is 24.6. The molecule has 4 aromatic carbocycles. The summed E-state index contributed by atoms with van der Waals surface area (Å²) in [6.45, 7) is -0.945. The lowest BCUT2D eigenvalue weighted by Crippen LogP contribution is -2.58. The van der Waals surface area contributed by atoms with Gasteiger partial charge in [0.15, 0.2) is 0 Å². The van der Waals surface area contributed by atoms with Gasteiger partial charge in [0, 0.05) is 89.2 Å². The first-order valence-electron chi connectivity index (χ1n) is 24.6. The molecular formula is C52H55N7O17. The molecule has 8 N–H and O–H groups in total. The number of ether oxygens (including phenoxy) is 2. The Balaban J connectivity index is 0.871. The number of benzene rings is 4. The van der Waals surface area contributed by atoms with Gasteiger partial charge in [-0.1, -0.05) is 37.1 Å². The minimum atomic E-state index is -1.39. The van der Waals surface area contributed by atoms with E-state index in [1.54, 1.807) is 24.3 Å². The fraction of sp³-hybridized carbons (Fsp3) is 0.385. The Hall–Kier alpha value is -8.96. The van der Waals surface area contributed by atoms with Crippen LogP contribution in [0.15, 0.2) is 60.7 Å². The van der Waals surface area contributed by atoms with Crippen molar-refractivity contribution in [2.75, 3.05) is 45.9 Å². The van der Waals surface area contributed by atoms with Crippen LogP contribution in [-0.2, 0) is 38.4 Å². The maximum atomic E-state index is 13.9. The smallest absolute Gasteiger partial charge is 0.322 e. The summed E-state index contributed by atoms with van der Waals surface area (Å²) in [5.41, 5.74) is -0.998. The number of nitrogens with zero attached hydrogens (tertiary/aromatic N) is 2. The molecular weight excluding hydrogens is 995 g/mol. The van der Waals surface area contributed by atoms with Crippen LogP contribution in [0.2, 0.25) is 0 Å². The Morgan fingerprint density at radius 1 is 0.553 bits per heavy atom. The van der Waals surface area contributed by atoms with E-state index in [2.05, 4.69) is 26.6 Å². The van der Waals surface area contributed by atoms with Gasteiger partial charge in [-0.2, -0.15) is 0 Å². The molecule has 2 heterocycles. The summed E-state index contributed by atoms with van der Waals surface area (Å²) in [5.74, 6) is -8.69. The quantitative estimate of drug-likeness (QED) is 0.0312. The average Bonchev–Trinajstić information content (AvgIpc) is 3.92. The van der Waals surface area contributed by atoms with Crippen LogP contribution < -0.4 is 36.1 Å². The summed E-state index contributed by atoms with van der Waals surface area (Å²) in [5, 5.41) is 41.2. The van der Waals surface area contributed by atoms with E-state index in [4.69, 9.17) is 19.7 Å². The average molecular weight is 1050 g/mol. The molecule has 0 radical (unpaired) electrons. The molecule has 0 bridgehead atoms. The molecule has 1 atom stereocenters. The standard InChI is InChI=1S/C52H55N7O17/c60-38(55-28-43(67)68)18-23-58-47(70)31-12-14-33-45-34(15-13-32(44(31)45)48(58)71)50(73)59(49(33)72)24-22-54-51(74)52(19-1-2-20-52)57-40(62)11-5-25-75-36-9-3-8-30-29(36)7-4-10-37(30)76-26-6-21-53-46(69)35(27-42(65)66)56-39(61)16-17-41(63)64/h3-4,7-10,12-15,35H,1-2,5-6,11,16-28H2,(H,53,69)(H,54,74)(H,55,60)(H,56,61)(H,57,62)(H,63,64)(H,65,66)(H,67,68)/t35-/m1/s1. The number of amides is 9. The van der Waals surface area contributed by atoms with Crippen LogP contribution in [0.1, 0.15) is 112 Å². The van der Waals surface area contributed by atoms with Gasteiger partial charge < -0.3 is 51.4 Å². The molecule has 0 spiro atoms. The van der Waals surface area contributed by atoms with Gasteiger partial charge in [-0.25, -0.2) is 0 Å². The zero-order chi connectivity index (χ0) is 54.7. The lowest BCUT2D eigenvalue weighted by molar-refractivity contribution is -0.141. The van der Waals surface area contributed by atoms with E-state index in [0.717, 1.165) is 20.6 Å². The number of rotatable bonds is 27. The second-order valence-corrected chi connectivity index (χ2v) is 18.3. The maximum absolute atomic E-state index is 13.9. The van der Waals surface area contributed by atoms with Crippen molar-refractivity contribution in [1.29, 1.82) is 0 Å². The number of nitrogens with one attached hydrogen (secondary N) is 5. The molecule has 1 saturated carbocycles. The van der Waals surface area contributed by atoms with Crippen molar-refractivity contribution in [3.63, 3.8) is 0 Å². The van der Waals surface area contributed by atoms with E-state index in [1.807, 2.05) is 12.1 Å². The van der Waals surface area contributed by atoms with E-state index >= 15 is 0 Å². The fourth-order valence-electron chi connectivity index (χ4n) is 9.40. The Labute approximate surface area is 432 Å².